The molecule has 0 saturated carbocycles. The highest BCUT2D eigenvalue weighted by Crippen LogP contribution is 2.22. The molecule has 18 heavy (non-hydrogen) atoms. The van der Waals surface area contributed by atoms with Crippen LogP contribution >= 0.6 is 15.9 Å². The van der Waals surface area contributed by atoms with Gasteiger partial charge in [0, 0.05) is 17.4 Å². The Morgan fingerprint density at radius 3 is 2.44 bits per heavy atom. The van der Waals surface area contributed by atoms with Gasteiger partial charge >= 0.3 is 0 Å². The van der Waals surface area contributed by atoms with Gasteiger partial charge in [-0.1, -0.05) is 35.0 Å². The Morgan fingerprint density at radius 2 is 1.89 bits per heavy atom. The minimum Gasteiger partial charge on any atom is -0.347 e. The summed E-state index contributed by atoms with van der Waals surface area (Å²) in [4.78, 5) is 11.8. The van der Waals surface area contributed by atoms with Gasteiger partial charge in [-0.3, -0.25) is 4.79 Å². The summed E-state index contributed by atoms with van der Waals surface area (Å²) in [5, 5.41) is 6.20. The highest BCUT2D eigenvalue weighted by molar-refractivity contribution is 9.10. The number of halogens is 1. The standard InChI is InChI=1S/C14H21BrN2O/c1-4-16-10-9-13(18)17-14(2,3)11-5-7-12(15)8-6-11/h5-8,16H,4,9-10H2,1-3H3,(H,17,18). The van der Waals surface area contributed by atoms with Gasteiger partial charge < -0.3 is 10.6 Å². The van der Waals surface area contributed by atoms with E-state index in [1.54, 1.807) is 0 Å². The van der Waals surface area contributed by atoms with Gasteiger partial charge in [-0.2, -0.15) is 0 Å². The Bertz CT molecular complexity index is 387. The predicted molar refractivity (Wildman–Crippen MR) is 78.5 cm³/mol. The molecule has 0 atom stereocenters. The number of hydrogen-bond donors (Lipinski definition) is 2. The van der Waals surface area contributed by atoms with Crippen LogP contribution in [0, 0.1) is 0 Å². The molecule has 0 heterocycles. The maximum atomic E-state index is 11.8. The molecule has 1 rings (SSSR count). The summed E-state index contributed by atoms with van der Waals surface area (Å²) < 4.78 is 1.04. The zero-order valence-electron chi connectivity index (χ0n) is 11.2. The van der Waals surface area contributed by atoms with Gasteiger partial charge in [-0.15, -0.1) is 0 Å². The largest absolute Gasteiger partial charge is 0.347 e. The van der Waals surface area contributed by atoms with Gasteiger partial charge in [-0.25, -0.2) is 0 Å². The van der Waals surface area contributed by atoms with Gasteiger partial charge in [0.15, 0.2) is 0 Å². The summed E-state index contributed by atoms with van der Waals surface area (Å²) in [6.07, 6.45) is 0.508. The fraction of sp³-hybridized carbons (Fsp3) is 0.500. The van der Waals surface area contributed by atoms with E-state index in [9.17, 15) is 4.79 Å². The first kappa shape index (κ1) is 15.2. The predicted octanol–water partition coefficient (Wildman–Crippen LogP) is 2.80. The van der Waals surface area contributed by atoms with Crippen molar-refractivity contribution in [2.24, 2.45) is 0 Å². The first-order chi connectivity index (χ1) is 8.45. The molecule has 0 bridgehead atoms. The minimum atomic E-state index is -0.343. The molecule has 100 valence electrons. The summed E-state index contributed by atoms with van der Waals surface area (Å²) in [5.41, 5.74) is 0.756. The molecule has 0 aliphatic carbocycles. The third-order valence-corrected chi connectivity index (χ3v) is 3.33. The fourth-order valence-electron chi connectivity index (χ4n) is 1.73. The van der Waals surface area contributed by atoms with Crippen LogP contribution in [0.2, 0.25) is 0 Å². The molecule has 0 unspecified atom stereocenters. The first-order valence-electron chi connectivity index (χ1n) is 6.23. The lowest BCUT2D eigenvalue weighted by atomic mass is 9.94. The van der Waals surface area contributed by atoms with E-state index in [1.165, 1.54) is 0 Å². The van der Waals surface area contributed by atoms with Gasteiger partial charge in [-0.05, 0) is 38.1 Å². The monoisotopic (exact) mass is 312 g/mol. The van der Waals surface area contributed by atoms with E-state index in [4.69, 9.17) is 0 Å². The van der Waals surface area contributed by atoms with E-state index in [-0.39, 0.29) is 11.4 Å². The highest BCUT2D eigenvalue weighted by Gasteiger charge is 2.22. The van der Waals surface area contributed by atoms with Crippen LogP contribution in [-0.4, -0.2) is 19.0 Å². The van der Waals surface area contributed by atoms with Crippen LogP contribution in [0.1, 0.15) is 32.8 Å². The quantitative estimate of drug-likeness (QED) is 0.793. The zero-order chi connectivity index (χ0) is 13.6. The average molecular weight is 313 g/mol. The number of hydrogen-bond acceptors (Lipinski definition) is 2. The molecule has 0 aliphatic heterocycles. The third-order valence-electron chi connectivity index (χ3n) is 2.80. The van der Waals surface area contributed by atoms with E-state index in [2.05, 4.69) is 26.6 Å². The van der Waals surface area contributed by atoms with E-state index >= 15 is 0 Å². The van der Waals surface area contributed by atoms with Crippen LogP contribution in [-0.2, 0) is 10.3 Å². The normalized spacial score (nSPS) is 11.3. The van der Waals surface area contributed by atoms with Crippen molar-refractivity contribution < 1.29 is 4.79 Å². The maximum absolute atomic E-state index is 11.8. The van der Waals surface area contributed by atoms with E-state index < -0.39 is 0 Å². The number of amides is 1. The number of rotatable bonds is 6. The van der Waals surface area contributed by atoms with E-state index in [1.807, 2.05) is 45.0 Å². The van der Waals surface area contributed by atoms with Crippen molar-refractivity contribution in [3.8, 4) is 0 Å². The third kappa shape index (κ3) is 4.78. The molecule has 0 aliphatic rings. The minimum absolute atomic E-state index is 0.0730. The van der Waals surface area contributed by atoms with Crippen molar-refractivity contribution in [2.45, 2.75) is 32.7 Å². The molecule has 4 heteroatoms. The van der Waals surface area contributed by atoms with Gasteiger partial charge in [0.25, 0.3) is 0 Å². The molecule has 0 aromatic heterocycles. The fourth-order valence-corrected chi connectivity index (χ4v) is 1.99. The Kier molecular flexibility index (Phi) is 5.82. The Morgan fingerprint density at radius 1 is 1.28 bits per heavy atom. The van der Waals surface area contributed by atoms with Crippen LogP contribution in [0.5, 0.6) is 0 Å². The second kappa shape index (κ2) is 6.90. The summed E-state index contributed by atoms with van der Waals surface area (Å²) in [5.74, 6) is 0.0730. The lowest BCUT2D eigenvalue weighted by Crippen LogP contribution is -2.41. The molecule has 1 aromatic rings. The molecule has 0 spiro atoms. The summed E-state index contributed by atoms with van der Waals surface area (Å²) in [6.45, 7) is 7.68. The molecule has 1 aromatic carbocycles. The molecule has 1 amide bonds. The molecular weight excluding hydrogens is 292 g/mol. The SMILES string of the molecule is CCNCCC(=O)NC(C)(C)c1ccc(Br)cc1. The maximum Gasteiger partial charge on any atom is 0.221 e. The van der Waals surface area contributed by atoms with Crippen LogP contribution < -0.4 is 10.6 Å². The number of benzene rings is 1. The summed E-state index contributed by atoms with van der Waals surface area (Å²) in [6, 6.07) is 8.02. The van der Waals surface area contributed by atoms with Crippen molar-refractivity contribution in [2.75, 3.05) is 13.1 Å². The second-order valence-electron chi connectivity index (χ2n) is 4.78. The van der Waals surface area contributed by atoms with Crippen LogP contribution in [0.15, 0.2) is 28.7 Å². The topological polar surface area (TPSA) is 41.1 Å². The molecule has 0 saturated heterocycles. The van der Waals surface area contributed by atoms with Gasteiger partial charge in [0.05, 0.1) is 5.54 Å². The van der Waals surface area contributed by atoms with Crippen LogP contribution in [0.3, 0.4) is 0 Å². The number of carbonyl (C=O) groups excluding carboxylic acids is 1. The van der Waals surface area contributed by atoms with Crippen molar-refractivity contribution >= 4 is 21.8 Å². The van der Waals surface area contributed by atoms with Gasteiger partial charge in [0.1, 0.15) is 0 Å². The Labute approximate surface area is 117 Å². The van der Waals surface area contributed by atoms with Crippen LogP contribution in [0.4, 0.5) is 0 Å². The summed E-state index contributed by atoms with van der Waals surface area (Å²) in [7, 11) is 0. The number of nitrogens with one attached hydrogen (secondary N) is 2. The average Bonchev–Trinajstić information content (AvgIpc) is 2.29. The van der Waals surface area contributed by atoms with Crippen molar-refractivity contribution in [1.29, 1.82) is 0 Å². The smallest absolute Gasteiger partial charge is 0.221 e. The van der Waals surface area contributed by atoms with Gasteiger partial charge in [0.2, 0.25) is 5.91 Å². The molecule has 0 fully saturated rings. The highest BCUT2D eigenvalue weighted by atomic mass is 79.9. The molecule has 3 nitrogen and oxygen atoms in total. The molecular formula is C14H21BrN2O. The van der Waals surface area contributed by atoms with E-state index in [0.29, 0.717) is 6.42 Å². The Balaban J connectivity index is 2.58. The Hall–Kier alpha value is -0.870. The number of carbonyl (C=O) groups is 1. The molecule has 2 N–H and O–H groups in total. The lowest BCUT2D eigenvalue weighted by Gasteiger charge is -2.27. The van der Waals surface area contributed by atoms with Crippen molar-refractivity contribution in [3.63, 3.8) is 0 Å². The van der Waals surface area contributed by atoms with Crippen molar-refractivity contribution in [3.05, 3.63) is 34.3 Å². The second-order valence-corrected chi connectivity index (χ2v) is 5.70. The van der Waals surface area contributed by atoms with Crippen LogP contribution in [0.25, 0.3) is 0 Å². The van der Waals surface area contributed by atoms with Crippen molar-refractivity contribution in [1.82, 2.24) is 10.6 Å². The lowest BCUT2D eigenvalue weighted by molar-refractivity contribution is -0.122. The first-order valence-corrected chi connectivity index (χ1v) is 7.03. The summed E-state index contributed by atoms with van der Waals surface area (Å²) >= 11 is 3.41. The zero-order valence-corrected chi connectivity index (χ0v) is 12.8. The van der Waals surface area contributed by atoms with E-state index in [0.717, 1.165) is 23.1 Å². The molecule has 0 radical (unpaired) electrons.